The van der Waals surface area contributed by atoms with Gasteiger partial charge in [-0.05, 0) is 60.4 Å². The van der Waals surface area contributed by atoms with Gasteiger partial charge in [-0.15, -0.1) is 0 Å². The lowest BCUT2D eigenvalue weighted by molar-refractivity contribution is -0.151. The van der Waals surface area contributed by atoms with Crippen LogP contribution in [0.3, 0.4) is 0 Å². The number of benzene rings is 1. The summed E-state index contributed by atoms with van der Waals surface area (Å²) in [5.74, 6) is 0.789. The van der Waals surface area contributed by atoms with E-state index in [1.165, 1.54) is 19.3 Å². The van der Waals surface area contributed by atoms with Crippen molar-refractivity contribution in [3.63, 3.8) is 0 Å². The number of pyridine rings is 1. The summed E-state index contributed by atoms with van der Waals surface area (Å²) >= 11 is 0. The number of nitrogens with one attached hydrogen (secondary N) is 2. The maximum absolute atomic E-state index is 12.8. The zero-order valence-electron chi connectivity index (χ0n) is 21.1. The number of aryl methyl sites for hydroxylation is 1. The molecule has 1 aromatic heterocycles. The van der Waals surface area contributed by atoms with Crippen LogP contribution in [0.4, 0.5) is 22.0 Å². The Hall–Kier alpha value is -2.35. The van der Waals surface area contributed by atoms with Crippen molar-refractivity contribution in [1.82, 2.24) is 10.3 Å². The minimum atomic E-state index is -4.31. The molecule has 0 amide bonds. The molecular formula is C28H36F5N3. The number of rotatable bonds is 12. The maximum atomic E-state index is 12.8. The molecule has 2 aromatic rings. The normalized spacial score (nSPS) is 17.0. The summed E-state index contributed by atoms with van der Waals surface area (Å²) in [5.41, 5.74) is 3.78. The zero-order valence-corrected chi connectivity index (χ0v) is 21.1. The largest absolute Gasteiger partial charge is 0.403 e. The topological polar surface area (TPSA) is 48.8 Å². The Morgan fingerprint density at radius 2 is 1.83 bits per heavy atom. The van der Waals surface area contributed by atoms with Crippen molar-refractivity contribution in [1.29, 1.82) is 5.41 Å². The Kier molecular flexibility index (Phi) is 9.61. The summed E-state index contributed by atoms with van der Waals surface area (Å²) in [7, 11) is 0. The average molecular weight is 510 g/mol. The first-order valence-electron chi connectivity index (χ1n) is 12.7. The smallest absolute Gasteiger partial charge is 0.304 e. The van der Waals surface area contributed by atoms with Crippen molar-refractivity contribution in [2.75, 3.05) is 0 Å². The molecule has 3 unspecified atom stereocenters. The van der Waals surface area contributed by atoms with Crippen molar-refractivity contribution in [2.24, 2.45) is 11.8 Å². The molecule has 1 heterocycles. The molecule has 8 heteroatoms. The van der Waals surface area contributed by atoms with E-state index < -0.39 is 18.6 Å². The van der Waals surface area contributed by atoms with Gasteiger partial charge in [0.2, 0.25) is 6.43 Å². The van der Waals surface area contributed by atoms with Crippen LogP contribution in [-0.4, -0.2) is 29.3 Å². The first kappa shape index (κ1) is 28.2. The van der Waals surface area contributed by atoms with E-state index in [2.05, 4.69) is 17.2 Å². The second-order valence-corrected chi connectivity index (χ2v) is 10.0. The highest BCUT2D eigenvalue weighted by Crippen LogP contribution is 2.41. The Morgan fingerprint density at radius 1 is 1.14 bits per heavy atom. The fourth-order valence-electron chi connectivity index (χ4n) is 4.95. The Labute approximate surface area is 210 Å². The summed E-state index contributed by atoms with van der Waals surface area (Å²) in [6.07, 6.45) is -0.115. The van der Waals surface area contributed by atoms with Gasteiger partial charge >= 0.3 is 6.18 Å². The number of nitrogens with zero attached hydrogens (tertiary/aromatic N) is 1. The maximum Gasteiger partial charge on any atom is 0.403 e. The minimum absolute atomic E-state index is 0.0421. The van der Waals surface area contributed by atoms with Crippen molar-refractivity contribution >= 4 is 5.71 Å². The Bertz CT molecular complexity index is 999. The first-order valence-corrected chi connectivity index (χ1v) is 12.7. The van der Waals surface area contributed by atoms with Gasteiger partial charge in [-0.25, -0.2) is 8.78 Å². The number of halogens is 5. The molecule has 1 aliphatic carbocycles. The van der Waals surface area contributed by atoms with Crippen LogP contribution in [0.5, 0.6) is 0 Å². The van der Waals surface area contributed by atoms with E-state index in [1.807, 2.05) is 13.0 Å². The lowest BCUT2D eigenvalue weighted by atomic mass is 9.70. The molecule has 1 aliphatic rings. The van der Waals surface area contributed by atoms with Crippen molar-refractivity contribution < 1.29 is 22.0 Å². The molecule has 3 nitrogen and oxygen atoms in total. The summed E-state index contributed by atoms with van der Waals surface area (Å²) in [5, 5.41) is 11.6. The van der Waals surface area contributed by atoms with E-state index in [9.17, 15) is 22.0 Å². The predicted molar refractivity (Wildman–Crippen MR) is 133 cm³/mol. The lowest BCUT2D eigenvalue weighted by Gasteiger charge is -2.35. The van der Waals surface area contributed by atoms with E-state index in [4.69, 9.17) is 5.41 Å². The highest BCUT2D eigenvalue weighted by atomic mass is 19.4. The summed E-state index contributed by atoms with van der Waals surface area (Å²) in [6, 6.07) is 7.09. The van der Waals surface area contributed by atoms with E-state index in [0.29, 0.717) is 39.9 Å². The predicted octanol–water partition coefficient (Wildman–Crippen LogP) is 7.61. The van der Waals surface area contributed by atoms with Crippen LogP contribution in [0.2, 0.25) is 0 Å². The van der Waals surface area contributed by atoms with Gasteiger partial charge in [0.25, 0.3) is 0 Å². The van der Waals surface area contributed by atoms with Gasteiger partial charge in [-0.1, -0.05) is 56.9 Å². The van der Waals surface area contributed by atoms with E-state index in [-0.39, 0.29) is 18.9 Å². The molecule has 0 saturated heterocycles. The van der Waals surface area contributed by atoms with Crippen molar-refractivity contribution in [3.8, 4) is 0 Å². The van der Waals surface area contributed by atoms with Crippen molar-refractivity contribution in [2.45, 2.75) is 90.4 Å². The summed E-state index contributed by atoms with van der Waals surface area (Å²) in [6.45, 7) is 5.13. The second-order valence-electron chi connectivity index (χ2n) is 10.0. The molecule has 1 fully saturated rings. The van der Waals surface area contributed by atoms with Gasteiger partial charge in [0.1, 0.15) is 6.04 Å². The number of hydrogen-bond donors (Lipinski definition) is 2. The van der Waals surface area contributed by atoms with Gasteiger partial charge in [0, 0.05) is 36.5 Å². The highest BCUT2D eigenvalue weighted by Gasteiger charge is 2.35. The molecular weight excluding hydrogens is 473 g/mol. The Morgan fingerprint density at radius 3 is 2.33 bits per heavy atom. The van der Waals surface area contributed by atoms with Crippen molar-refractivity contribution in [3.05, 3.63) is 64.5 Å². The third-order valence-corrected chi connectivity index (χ3v) is 7.51. The number of hydrogen-bond acceptors (Lipinski definition) is 3. The van der Waals surface area contributed by atoms with Crippen LogP contribution in [0.25, 0.3) is 0 Å². The van der Waals surface area contributed by atoms with Crippen LogP contribution in [0.1, 0.15) is 79.8 Å². The molecule has 3 atom stereocenters. The van der Waals surface area contributed by atoms with E-state index in [1.54, 1.807) is 30.5 Å². The van der Waals surface area contributed by atoms with Crippen LogP contribution >= 0.6 is 0 Å². The Balaban J connectivity index is 1.84. The summed E-state index contributed by atoms with van der Waals surface area (Å²) < 4.78 is 64.1. The fraction of sp³-hybridized carbons (Fsp3) is 0.571. The third kappa shape index (κ3) is 7.34. The quantitative estimate of drug-likeness (QED) is 0.229. The summed E-state index contributed by atoms with van der Waals surface area (Å²) in [4.78, 5) is 4.58. The number of aromatic nitrogens is 1. The van der Waals surface area contributed by atoms with Crippen LogP contribution in [-0.2, 0) is 13.0 Å². The molecule has 36 heavy (non-hydrogen) atoms. The third-order valence-electron chi connectivity index (χ3n) is 7.51. The standard InChI is InChI=1S/C28H36F5N3/c1-4-21(22-6-5-7-22)14-24(27(34)23-10-8-19(12-17(23)2)13-26(29)30)25-11-9-20(16-36-25)15-35-18(3)28(31,32)33/h8-12,16,18,21-22,24,26,34-35H,4-7,13-15H2,1-3H3. The molecule has 0 spiro atoms. The van der Waals surface area contributed by atoms with Gasteiger partial charge in [0.05, 0.1) is 0 Å². The molecule has 0 bridgehead atoms. The molecule has 198 valence electrons. The monoisotopic (exact) mass is 509 g/mol. The van der Waals surface area contributed by atoms with E-state index >= 15 is 0 Å². The molecule has 0 aliphatic heterocycles. The van der Waals surface area contributed by atoms with Gasteiger partial charge < -0.3 is 10.7 Å². The molecule has 0 radical (unpaired) electrons. The highest BCUT2D eigenvalue weighted by molar-refractivity contribution is 6.03. The SMILES string of the molecule is CCC(CC(C(=N)c1ccc(CC(F)F)cc1C)c1ccc(CNC(C)C(F)(F)F)cn1)C1CCC1. The van der Waals surface area contributed by atoms with E-state index in [0.717, 1.165) is 25.3 Å². The second kappa shape index (κ2) is 12.3. The number of alkyl halides is 5. The van der Waals surface area contributed by atoms with Crippen LogP contribution in [0, 0.1) is 24.2 Å². The lowest BCUT2D eigenvalue weighted by Crippen LogP contribution is -2.39. The minimum Gasteiger partial charge on any atom is -0.304 e. The molecule has 2 N–H and O–H groups in total. The molecule has 1 saturated carbocycles. The average Bonchev–Trinajstić information content (AvgIpc) is 2.78. The van der Waals surface area contributed by atoms with Crippen LogP contribution in [0.15, 0.2) is 36.5 Å². The van der Waals surface area contributed by atoms with Gasteiger partial charge in [-0.2, -0.15) is 13.2 Å². The fourth-order valence-corrected chi connectivity index (χ4v) is 4.95. The zero-order chi connectivity index (χ0) is 26.5. The molecule has 1 aromatic carbocycles. The van der Waals surface area contributed by atoms with Gasteiger partial charge in [0.15, 0.2) is 0 Å². The van der Waals surface area contributed by atoms with Crippen LogP contribution < -0.4 is 5.32 Å². The van der Waals surface area contributed by atoms with Gasteiger partial charge in [-0.3, -0.25) is 4.98 Å². The first-order chi connectivity index (χ1) is 17.0. The molecule has 3 rings (SSSR count).